The van der Waals surface area contributed by atoms with Crippen LogP contribution < -0.4 is 5.73 Å². The van der Waals surface area contributed by atoms with E-state index in [1.807, 2.05) is 31.2 Å². The zero-order valence-electron chi connectivity index (χ0n) is 11.4. The number of aryl methyl sites for hydroxylation is 1. The van der Waals surface area contributed by atoms with E-state index < -0.39 is 5.97 Å². The number of methoxy groups -OCH3 is 1. The van der Waals surface area contributed by atoms with Crippen molar-refractivity contribution in [2.45, 2.75) is 17.6 Å². The molecule has 0 aliphatic heterocycles. The van der Waals surface area contributed by atoms with E-state index in [9.17, 15) is 4.79 Å². The van der Waals surface area contributed by atoms with E-state index in [1.165, 1.54) is 7.11 Å². The number of nitrogens with zero attached hydrogens (tertiary/aromatic N) is 1. The van der Waals surface area contributed by atoms with Gasteiger partial charge in [0.25, 0.3) is 0 Å². The topological polar surface area (TPSA) is 65.2 Å². The van der Waals surface area contributed by atoms with Crippen LogP contribution in [0.4, 0.5) is 5.69 Å². The van der Waals surface area contributed by atoms with Crippen LogP contribution in [-0.2, 0) is 10.5 Å². The van der Waals surface area contributed by atoms with E-state index >= 15 is 0 Å². The smallest absolute Gasteiger partial charge is 0.356 e. The molecule has 20 heavy (non-hydrogen) atoms. The molecule has 0 saturated heterocycles. The van der Waals surface area contributed by atoms with Gasteiger partial charge < -0.3 is 10.5 Å². The van der Waals surface area contributed by atoms with E-state index in [1.54, 1.807) is 23.9 Å². The molecule has 4 nitrogen and oxygen atoms in total. The summed E-state index contributed by atoms with van der Waals surface area (Å²) in [5, 5.41) is 0. The van der Waals surface area contributed by atoms with E-state index in [0.29, 0.717) is 11.4 Å². The molecule has 1 heterocycles. The van der Waals surface area contributed by atoms with Gasteiger partial charge in [-0.3, -0.25) is 0 Å². The van der Waals surface area contributed by atoms with Crippen molar-refractivity contribution in [3.05, 3.63) is 53.3 Å². The molecule has 1 aromatic carbocycles. The largest absolute Gasteiger partial charge is 0.464 e. The number of carbonyl (C=O) groups excluding carboxylic acids is 1. The Bertz CT molecular complexity index is 629. The number of rotatable bonds is 4. The van der Waals surface area contributed by atoms with Gasteiger partial charge in [0.15, 0.2) is 0 Å². The van der Waals surface area contributed by atoms with Crippen molar-refractivity contribution < 1.29 is 9.53 Å². The van der Waals surface area contributed by atoms with Crippen molar-refractivity contribution in [3.63, 3.8) is 0 Å². The second-order valence-electron chi connectivity index (χ2n) is 4.34. The number of hydrogen-bond acceptors (Lipinski definition) is 5. The van der Waals surface area contributed by atoms with Crippen molar-refractivity contribution in [2.24, 2.45) is 0 Å². The number of nitrogen functional groups attached to an aromatic ring is 1. The Hall–Kier alpha value is -2.01. The highest BCUT2D eigenvalue weighted by molar-refractivity contribution is 7.98. The Morgan fingerprint density at radius 1 is 1.35 bits per heavy atom. The van der Waals surface area contributed by atoms with Crippen LogP contribution in [0, 0.1) is 6.92 Å². The van der Waals surface area contributed by atoms with Gasteiger partial charge in [0.05, 0.1) is 12.8 Å². The van der Waals surface area contributed by atoms with Gasteiger partial charge in [0.1, 0.15) is 5.69 Å². The molecule has 0 fully saturated rings. The summed E-state index contributed by atoms with van der Waals surface area (Å²) in [6.45, 7) is 2.01. The maximum absolute atomic E-state index is 11.4. The van der Waals surface area contributed by atoms with Crippen LogP contribution in [0.3, 0.4) is 0 Å². The van der Waals surface area contributed by atoms with Crippen LogP contribution in [0.15, 0.2) is 41.3 Å². The molecule has 0 aliphatic rings. The highest BCUT2D eigenvalue weighted by Crippen LogP contribution is 2.28. The van der Waals surface area contributed by atoms with E-state index in [-0.39, 0.29) is 0 Å². The highest BCUT2D eigenvalue weighted by atomic mass is 32.2. The molecule has 0 radical (unpaired) electrons. The molecule has 0 amide bonds. The molecule has 1 aromatic heterocycles. The molecule has 2 rings (SSSR count). The molecule has 104 valence electrons. The summed E-state index contributed by atoms with van der Waals surface area (Å²) in [6, 6.07) is 11.3. The predicted molar refractivity (Wildman–Crippen MR) is 80.7 cm³/mol. The number of esters is 1. The number of benzene rings is 1. The first-order valence-corrected chi connectivity index (χ1v) is 7.12. The predicted octanol–water partition coefficient (Wildman–Crippen LogP) is 3.05. The van der Waals surface area contributed by atoms with Gasteiger partial charge in [0, 0.05) is 16.3 Å². The molecule has 0 bridgehead atoms. The Morgan fingerprint density at radius 2 is 2.15 bits per heavy atom. The van der Waals surface area contributed by atoms with Crippen molar-refractivity contribution in [1.82, 2.24) is 4.98 Å². The number of ether oxygens (including phenoxy) is 1. The van der Waals surface area contributed by atoms with Crippen LogP contribution in [0.2, 0.25) is 0 Å². The fraction of sp³-hybridized carbons (Fsp3) is 0.200. The zero-order valence-corrected chi connectivity index (χ0v) is 12.2. The molecule has 0 spiro atoms. The second-order valence-corrected chi connectivity index (χ2v) is 5.35. The Morgan fingerprint density at radius 3 is 2.85 bits per heavy atom. The second kappa shape index (κ2) is 6.43. The minimum Gasteiger partial charge on any atom is -0.464 e. The van der Waals surface area contributed by atoms with Crippen LogP contribution >= 0.6 is 11.8 Å². The molecule has 2 aromatic rings. The number of thioether (sulfide) groups is 1. The van der Waals surface area contributed by atoms with Gasteiger partial charge >= 0.3 is 5.97 Å². The number of aromatic nitrogens is 1. The zero-order chi connectivity index (χ0) is 14.5. The van der Waals surface area contributed by atoms with Crippen LogP contribution in [0.1, 0.15) is 21.7 Å². The molecule has 5 heteroatoms. The average Bonchev–Trinajstić information content (AvgIpc) is 2.46. The summed E-state index contributed by atoms with van der Waals surface area (Å²) in [6.07, 6.45) is 0. The van der Waals surface area contributed by atoms with Gasteiger partial charge in [-0.05, 0) is 36.8 Å². The maximum Gasteiger partial charge on any atom is 0.356 e. The van der Waals surface area contributed by atoms with Crippen molar-refractivity contribution in [2.75, 3.05) is 12.8 Å². The number of hydrogen-bond donors (Lipinski definition) is 1. The molecule has 0 unspecified atom stereocenters. The highest BCUT2D eigenvalue weighted by Gasteiger charge is 2.08. The lowest BCUT2D eigenvalue weighted by Crippen LogP contribution is -2.05. The number of pyridine rings is 1. The summed E-state index contributed by atoms with van der Waals surface area (Å²) >= 11 is 1.60. The normalized spacial score (nSPS) is 10.3. The van der Waals surface area contributed by atoms with E-state index in [2.05, 4.69) is 9.72 Å². The third kappa shape index (κ3) is 3.51. The first kappa shape index (κ1) is 14.4. The fourth-order valence-corrected chi connectivity index (χ4v) is 2.58. The van der Waals surface area contributed by atoms with E-state index in [4.69, 9.17) is 5.73 Å². The monoisotopic (exact) mass is 288 g/mol. The van der Waals surface area contributed by atoms with Gasteiger partial charge in [0.2, 0.25) is 0 Å². The Kier molecular flexibility index (Phi) is 4.63. The number of carbonyl (C=O) groups is 1. The van der Waals surface area contributed by atoms with E-state index in [0.717, 1.165) is 21.8 Å². The first-order chi connectivity index (χ1) is 9.60. The molecule has 0 aliphatic carbocycles. The summed E-state index contributed by atoms with van der Waals surface area (Å²) in [5.41, 5.74) is 9.01. The molecular formula is C15H16N2O2S. The summed E-state index contributed by atoms with van der Waals surface area (Å²) in [5.74, 6) is 0.227. The SMILES string of the molecule is COC(=O)c1cccc(CSc2ccc(C)cc2N)n1. The quantitative estimate of drug-likeness (QED) is 0.532. The lowest BCUT2D eigenvalue weighted by atomic mass is 10.2. The molecule has 2 N–H and O–H groups in total. The maximum atomic E-state index is 11.4. The lowest BCUT2D eigenvalue weighted by molar-refractivity contribution is 0.0594. The average molecular weight is 288 g/mol. The summed E-state index contributed by atoms with van der Waals surface area (Å²) in [4.78, 5) is 16.7. The Labute approximate surface area is 122 Å². The molecule has 0 atom stereocenters. The summed E-state index contributed by atoms with van der Waals surface area (Å²) in [7, 11) is 1.35. The van der Waals surface area contributed by atoms with Gasteiger partial charge in [-0.2, -0.15) is 0 Å². The minimum atomic E-state index is -0.424. The third-order valence-corrected chi connectivity index (χ3v) is 3.87. The summed E-state index contributed by atoms with van der Waals surface area (Å²) < 4.78 is 4.66. The minimum absolute atomic E-state index is 0.322. The van der Waals surface area contributed by atoms with Crippen LogP contribution in [0.25, 0.3) is 0 Å². The molecule has 0 saturated carbocycles. The van der Waals surface area contributed by atoms with Crippen molar-refractivity contribution in [1.29, 1.82) is 0 Å². The van der Waals surface area contributed by atoms with Gasteiger partial charge in [-0.25, -0.2) is 9.78 Å². The number of anilines is 1. The van der Waals surface area contributed by atoms with Crippen LogP contribution in [0.5, 0.6) is 0 Å². The number of nitrogens with two attached hydrogens (primary N) is 1. The third-order valence-electron chi connectivity index (χ3n) is 2.74. The first-order valence-electron chi connectivity index (χ1n) is 6.13. The van der Waals surface area contributed by atoms with Crippen molar-refractivity contribution >= 4 is 23.4 Å². The van der Waals surface area contributed by atoms with Gasteiger partial charge in [-0.1, -0.05) is 12.1 Å². The van der Waals surface area contributed by atoms with Crippen LogP contribution in [-0.4, -0.2) is 18.1 Å². The standard InChI is InChI=1S/C15H16N2O2S/c1-10-6-7-14(12(16)8-10)20-9-11-4-3-5-13(17-11)15(18)19-2/h3-8H,9,16H2,1-2H3. The molecular weight excluding hydrogens is 272 g/mol. The van der Waals surface area contributed by atoms with Gasteiger partial charge in [-0.15, -0.1) is 11.8 Å². The lowest BCUT2D eigenvalue weighted by Gasteiger charge is -2.07. The fourth-order valence-electron chi connectivity index (χ4n) is 1.73. The van der Waals surface area contributed by atoms with Crippen molar-refractivity contribution in [3.8, 4) is 0 Å². The Balaban J connectivity index is 2.09.